The second-order valence-corrected chi connectivity index (χ2v) is 7.04. The molecule has 2 heterocycles. The Hall–Kier alpha value is -1.91. The largest absolute Gasteiger partial charge is 0.393 e. The van der Waals surface area contributed by atoms with Gasteiger partial charge in [-0.3, -0.25) is 0 Å². The lowest BCUT2D eigenvalue weighted by molar-refractivity contribution is 0.173. The maximum Gasteiger partial charge on any atom is 0.128 e. The van der Waals surface area contributed by atoms with Crippen LogP contribution in [0.3, 0.4) is 0 Å². The number of pyridine rings is 1. The molecular weight excluding hydrogens is 310 g/mol. The first kappa shape index (κ1) is 17.9. The third-order valence-electron chi connectivity index (χ3n) is 4.86. The van der Waals surface area contributed by atoms with Gasteiger partial charge in [0.1, 0.15) is 5.82 Å². The topological polar surface area (TPSA) is 48.4 Å². The smallest absolute Gasteiger partial charge is 0.128 e. The van der Waals surface area contributed by atoms with E-state index in [-0.39, 0.29) is 6.10 Å². The lowest BCUT2D eigenvalue weighted by Gasteiger charge is -2.20. The minimum Gasteiger partial charge on any atom is -0.393 e. The van der Waals surface area contributed by atoms with Gasteiger partial charge in [-0.2, -0.15) is 0 Å². The Morgan fingerprint density at radius 1 is 1.12 bits per heavy atom. The van der Waals surface area contributed by atoms with Crippen LogP contribution in [0, 0.1) is 0 Å². The van der Waals surface area contributed by atoms with E-state index >= 15 is 0 Å². The Morgan fingerprint density at radius 2 is 1.88 bits per heavy atom. The van der Waals surface area contributed by atoms with E-state index in [4.69, 9.17) is 0 Å². The molecule has 1 aromatic carbocycles. The summed E-state index contributed by atoms with van der Waals surface area (Å²) < 4.78 is 0. The molecule has 134 valence electrons. The average Bonchev–Trinajstić information content (AvgIpc) is 3.16. The van der Waals surface area contributed by atoms with Crippen molar-refractivity contribution in [1.82, 2.24) is 10.3 Å². The zero-order valence-electron chi connectivity index (χ0n) is 15.1. The van der Waals surface area contributed by atoms with Gasteiger partial charge in [0.15, 0.2) is 0 Å². The van der Waals surface area contributed by atoms with Crippen LogP contribution in [-0.4, -0.2) is 35.8 Å². The van der Waals surface area contributed by atoms with Crippen molar-refractivity contribution in [2.75, 3.05) is 24.5 Å². The van der Waals surface area contributed by atoms with Crippen LogP contribution >= 0.6 is 0 Å². The predicted octanol–water partition coefficient (Wildman–Crippen LogP) is 3.33. The van der Waals surface area contributed by atoms with Gasteiger partial charge in [-0.25, -0.2) is 4.98 Å². The zero-order chi connectivity index (χ0) is 17.5. The molecule has 1 aliphatic rings. The first-order chi connectivity index (χ1) is 12.2. The molecule has 1 fully saturated rings. The summed E-state index contributed by atoms with van der Waals surface area (Å²) in [5.74, 6) is 1.41. The molecule has 1 aliphatic heterocycles. The average molecular weight is 339 g/mol. The van der Waals surface area contributed by atoms with E-state index in [2.05, 4.69) is 51.6 Å². The van der Waals surface area contributed by atoms with Crippen LogP contribution in [0.25, 0.3) is 0 Å². The highest BCUT2D eigenvalue weighted by Gasteiger charge is 2.15. The van der Waals surface area contributed by atoms with E-state index in [1.807, 2.05) is 19.2 Å². The van der Waals surface area contributed by atoms with Crippen molar-refractivity contribution in [1.29, 1.82) is 0 Å². The molecule has 2 atom stereocenters. The third-order valence-corrected chi connectivity index (χ3v) is 4.86. The van der Waals surface area contributed by atoms with E-state index in [0.717, 1.165) is 38.4 Å². The van der Waals surface area contributed by atoms with Gasteiger partial charge in [-0.1, -0.05) is 36.4 Å². The molecule has 0 amide bonds. The van der Waals surface area contributed by atoms with E-state index in [1.54, 1.807) is 0 Å². The van der Waals surface area contributed by atoms with Gasteiger partial charge < -0.3 is 15.3 Å². The number of hydrogen-bond donors (Lipinski definition) is 2. The maximum absolute atomic E-state index is 9.79. The van der Waals surface area contributed by atoms with Gasteiger partial charge in [-0.15, -0.1) is 0 Å². The Bertz CT molecular complexity index is 621. The molecule has 3 rings (SSSR count). The van der Waals surface area contributed by atoms with E-state index < -0.39 is 0 Å². The van der Waals surface area contributed by atoms with Gasteiger partial charge in [0.05, 0.1) is 6.10 Å². The molecule has 4 heteroatoms. The fourth-order valence-electron chi connectivity index (χ4n) is 3.52. The van der Waals surface area contributed by atoms with E-state index in [0.29, 0.717) is 5.92 Å². The normalized spacial score (nSPS) is 16.8. The summed E-state index contributed by atoms with van der Waals surface area (Å²) in [6.07, 6.45) is 4.99. The number of benzene rings is 1. The third kappa shape index (κ3) is 5.28. The number of anilines is 1. The van der Waals surface area contributed by atoms with Crippen molar-refractivity contribution in [2.24, 2.45) is 0 Å². The standard InChI is InChI=1S/C21H29N3O/c1-17(25)13-20(19-7-3-2-4-8-19)16-22-14-18-9-10-21(23-15-18)24-11-5-6-12-24/h2-4,7-10,15,17,20,22,25H,5-6,11-14,16H2,1H3. The molecule has 2 unspecified atom stereocenters. The number of aliphatic hydroxyl groups excluding tert-OH is 1. The molecule has 2 aromatic rings. The fourth-order valence-corrected chi connectivity index (χ4v) is 3.52. The molecule has 0 bridgehead atoms. The molecule has 0 spiro atoms. The Morgan fingerprint density at radius 3 is 2.52 bits per heavy atom. The van der Waals surface area contributed by atoms with Crippen LogP contribution in [0.15, 0.2) is 48.7 Å². The summed E-state index contributed by atoms with van der Waals surface area (Å²) in [4.78, 5) is 6.96. The lowest BCUT2D eigenvalue weighted by atomic mass is 9.93. The Kier molecular flexibility index (Phi) is 6.42. The second-order valence-electron chi connectivity index (χ2n) is 7.04. The molecule has 25 heavy (non-hydrogen) atoms. The molecule has 0 saturated carbocycles. The molecule has 4 nitrogen and oxygen atoms in total. The number of nitrogens with one attached hydrogen (secondary N) is 1. The number of hydrogen-bond acceptors (Lipinski definition) is 4. The minimum absolute atomic E-state index is 0.298. The molecule has 1 saturated heterocycles. The lowest BCUT2D eigenvalue weighted by Crippen LogP contribution is -2.24. The maximum atomic E-state index is 9.79. The van der Waals surface area contributed by atoms with Gasteiger partial charge in [0.25, 0.3) is 0 Å². The highest BCUT2D eigenvalue weighted by atomic mass is 16.3. The molecule has 2 N–H and O–H groups in total. The molecule has 0 aliphatic carbocycles. The van der Waals surface area contributed by atoms with Gasteiger partial charge in [0.2, 0.25) is 0 Å². The van der Waals surface area contributed by atoms with Gasteiger partial charge >= 0.3 is 0 Å². The van der Waals surface area contributed by atoms with Crippen molar-refractivity contribution in [3.63, 3.8) is 0 Å². The minimum atomic E-state index is -0.298. The molecular formula is C21H29N3O. The number of rotatable bonds is 8. The van der Waals surface area contributed by atoms with Gasteiger partial charge in [0, 0.05) is 32.4 Å². The van der Waals surface area contributed by atoms with Crippen LogP contribution < -0.4 is 10.2 Å². The Labute approximate surface area is 150 Å². The van der Waals surface area contributed by atoms with Crippen molar-refractivity contribution in [2.45, 2.75) is 44.8 Å². The zero-order valence-corrected chi connectivity index (χ0v) is 15.1. The second kappa shape index (κ2) is 8.97. The highest BCUT2D eigenvalue weighted by molar-refractivity contribution is 5.40. The van der Waals surface area contributed by atoms with Crippen molar-refractivity contribution < 1.29 is 5.11 Å². The first-order valence-corrected chi connectivity index (χ1v) is 9.36. The number of aliphatic hydroxyl groups is 1. The van der Waals surface area contributed by atoms with Crippen molar-refractivity contribution >= 4 is 5.82 Å². The van der Waals surface area contributed by atoms with Crippen LogP contribution in [0.2, 0.25) is 0 Å². The predicted molar refractivity (Wildman–Crippen MR) is 103 cm³/mol. The van der Waals surface area contributed by atoms with Crippen LogP contribution in [0.4, 0.5) is 5.82 Å². The van der Waals surface area contributed by atoms with Crippen molar-refractivity contribution in [3.8, 4) is 0 Å². The summed E-state index contributed by atoms with van der Waals surface area (Å²) in [5.41, 5.74) is 2.48. The number of nitrogens with zero attached hydrogens (tertiary/aromatic N) is 2. The van der Waals surface area contributed by atoms with Gasteiger partial charge in [-0.05, 0) is 49.3 Å². The summed E-state index contributed by atoms with van der Waals surface area (Å²) in [6.45, 7) is 5.77. The summed E-state index contributed by atoms with van der Waals surface area (Å²) in [7, 11) is 0. The highest BCUT2D eigenvalue weighted by Crippen LogP contribution is 2.21. The quantitative estimate of drug-likeness (QED) is 0.774. The Balaban J connectivity index is 1.53. The van der Waals surface area contributed by atoms with E-state index in [1.165, 1.54) is 24.0 Å². The monoisotopic (exact) mass is 339 g/mol. The first-order valence-electron chi connectivity index (χ1n) is 9.36. The van der Waals surface area contributed by atoms with Crippen LogP contribution in [0.1, 0.15) is 43.2 Å². The SMILES string of the molecule is CC(O)CC(CNCc1ccc(N2CCCC2)nc1)c1ccccc1. The fraction of sp³-hybridized carbons (Fsp3) is 0.476. The number of aromatic nitrogens is 1. The van der Waals surface area contributed by atoms with Crippen LogP contribution in [0.5, 0.6) is 0 Å². The molecule has 0 radical (unpaired) electrons. The van der Waals surface area contributed by atoms with E-state index in [9.17, 15) is 5.11 Å². The van der Waals surface area contributed by atoms with Crippen molar-refractivity contribution in [3.05, 3.63) is 59.8 Å². The summed E-state index contributed by atoms with van der Waals surface area (Å²) in [6, 6.07) is 14.7. The van der Waals surface area contributed by atoms with Crippen LogP contribution in [-0.2, 0) is 6.54 Å². The molecule has 1 aromatic heterocycles. The summed E-state index contributed by atoms with van der Waals surface area (Å²) >= 11 is 0. The summed E-state index contributed by atoms with van der Waals surface area (Å²) in [5, 5.41) is 13.3.